The zero-order valence-electron chi connectivity index (χ0n) is 18.9. The van der Waals surface area contributed by atoms with E-state index in [-0.39, 0.29) is 29.2 Å². The Morgan fingerprint density at radius 1 is 1.12 bits per heavy atom. The van der Waals surface area contributed by atoms with Crippen LogP contribution in [0.4, 0.5) is 11.8 Å². The van der Waals surface area contributed by atoms with Gasteiger partial charge in [-0.05, 0) is 44.7 Å². The van der Waals surface area contributed by atoms with E-state index in [4.69, 9.17) is 5.73 Å². The van der Waals surface area contributed by atoms with Crippen LogP contribution >= 0.6 is 0 Å². The summed E-state index contributed by atoms with van der Waals surface area (Å²) in [5.74, 6) is 1.06. The molecule has 0 aliphatic carbocycles. The van der Waals surface area contributed by atoms with Gasteiger partial charge in [-0.3, -0.25) is 4.79 Å². The van der Waals surface area contributed by atoms with Crippen molar-refractivity contribution in [1.29, 1.82) is 5.26 Å². The monoisotopic (exact) mass is 440 g/mol. The van der Waals surface area contributed by atoms with Crippen molar-refractivity contribution in [2.75, 3.05) is 11.1 Å². The van der Waals surface area contributed by atoms with E-state index < -0.39 is 0 Å². The van der Waals surface area contributed by atoms with Crippen LogP contribution in [0.1, 0.15) is 49.9 Å². The molecule has 4 rings (SSSR count). The standard InChI is InChI=1S/C24H24N8O/c1-13(2)32-20(14(3)30-22-17(9-25)10-29-24(26)31-22)8-16-6-5-7-19(21(16)23(32)33)18-11-27-15(4)28-12-18/h5-8,10-14H,1-4H3,(H3,26,29,30,31). The van der Waals surface area contributed by atoms with Crippen molar-refractivity contribution in [3.8, 4) is 17.2 Å². The number of nitriles is 1. The number of hydrogen-bond acceptors (Lipinski definition) is 8. The van der Waals surface area contributed by atoms with Gasteiger partial charge in [-0.1, -0.05) is 18.2 Å². The van der Waals surface area contributed by atoms with Crippen LogP contribution in [0.5, 0.6) is 0 Å². The number of hydrogen-bond donors (Lipinski definition) is 2. The summed E-state index contributed by atoms with van der Waals surface area (Å²) >= 11 is 0. The fourth-order valence-corrected chi connectivity index (χ4v) is 3.90. The average Bonchev–Trinajstić information content (AvgIpc) is 2.79. The summed E-state index contributed by atoms with van der Waals surface area (Å²) in [5.41, 5.74) is 8.22. The lowest BCUT2D eigenvalue weighted by Gasteiger charge is -2.24. The van der Waals surface area contributed by atoms with Crippen LogP contribution in [0.25, 0.3) is 21.9 Å². The maximum absolute atomic E-state index is 13.8. The Balaban J connectivity index is 1.89. The molecule has 0 spiro atoms. The Labute approximate surface area is 191 Å². The van der Waals surface area contributed by atoms with Gasteiger partial charge in [0.2, 0.25) is 5.95 Å². The van der Waals surface area contributed by atoms with Gasteiger partial charge in [0.1, 0.15) is 23.3 Å². The molecule has 0 aliphatic rings. The van der Waals surface area contributed by atoms with Gasteiger partial charge in [-0.15, -0.1) is 0 Å². The molecule has 166 valence electrons. The Kier molecular flexibility index (Phi) is 5.75. The van der Waals surface area contributed by atoms with Crippen molar-refractivity contribution in [2.45, 2.75) is 39.8 Å². The number of rotatable bonds is 5. The third-order valence-corrected chi connectivity index (χ3v) is 5.44. The largest absolute Gasteiger partial charge is 0.368 e. The number of nitrogens with one attached hydrogen (secondary N) is 1. The smallest absolute Gasteiger partial charge is 0.259 e. The SMILES string of the molecule is Cc1ncc(-c2cccc3cc(C(C)Nc4nc(N)ncc4C#N)n(C(C)C)c(=O)c23)cn1. The van der Waals surface area contributed by atoms with Gasteiger partial charge in [0.25, 0.3) is 5.56 Å². The van der Waals surface area contributed by atoms with E-state index in [1.54, 1.807) is 17.0 Å². The van der Waals surface area contributed by atoms with Crippen molar-refractivity contribution in [3.05, 3.63) is 70.3 Å². The van der Waals surface area contributed by atoms with Gasteiger partial charge < -0.3 is 15.6 Å². The molecule has 0 saturated heterocycles. The molecular weight excluding hydrogens is 416 g/mol. The highest BCUT2D eigenvalue weighted by molar-refractivity contribution is 5.96. The highest BCUT2D eigenvalue weighted by Crippen LogP contribution is 2.29. The second-order valence-electron chi connectivity index (χ2n) is 8.10. The number of nitrogens with two attached hydrogens (primary N) is 1. The van der Waals surface area contributed by atoms with Crippen molar-refractivity contribution < 1.29 is 0 Å². The van der Waals surface area contributed by atoms with E-state index in [1.165, 1.54) is 6.20 Å². The first-order chi connectivity index (χ1) is 15.8. The summed E-state index contributed by atoms with van der Waals surface area (Å²) in [6.45, 7) is 7.66. The Hall–Kier alpha value is -4.32. The zero-order chi connectivity index (χ0) is 23.7. The molecule has 0 fully saturated rings. The van der Waals surface area contributed by atoms with Crippen molar-refractivity contribution in [3.63, 3.8) is 0 Å². The molecular formula is C24H24N8O. The lowest BCUT2D eigenvalue weighted by atomic mass is 9.99. The van der Waals surface area contributed by atoms with Gasteiger partial charge in [-0.2, -0.15) is 10.2 Å². The molecule has 0 bridgehead atoms. The number of nitrogen functional groups attached to an aromatic ring is 1. The molecule has 1 unspecified atom stereocenters. The molecule has 3 N–H and O–H groups in total. The molecule has 4 aromatic rings. The zero-order valence-corrected chi connectivity index (χ0v) is 18.9. The third-order valence-electron chi connectivity index (χ3n) is 5.44. The summed E-state index contributed by atoms with van der Waals surface area (Å²) in [4.78, 5) is 30.4. The first-order valence-electron chi connectivity index (χ1n) is 10.6. The first kappa shape index (κ1) is 21.9. The van der Waals surface area contributed by atoms with E-state index >= 15 is 0 Å². The second kappa shape index (κ2) is 8.67. The molecule has 9 nitrogen and oxygen atoms in total. The summed E-state index contributed by atoms with van der Waals surface area (Å²) in [6, 6.07) is 9.36. The number of benzene rings is 1. The van der Waals surface area contributed by atoms with Gasteiger partial charge in [0, 0.05) is 29.7 Å². The van der Waals surface area contributed by atoms with Gasteiger partial charge in [0.15, 0.2) is 0 Å². The van der Waals surface area contributed by atoms with Crippen LogP contribution in [0, 0.1) is 18.3 Å². The number of aromatic nitrogens is 5. The number of aryl methyl sites for hydroxylation is 1. The number of pyridine rings is 1. The minimum absolute atomic E-state index is 0.0634. The molecule has 0 radical (unpaired) electrons. The minimum Gasteiger partial charge on any atom is -0.368 e. The Morgan fingerprint density at radius 2 is 1.85 bits per heavy atom. The van der Waals surface area contributed by atoms with Crippen molar-refractivity contribution >= 4 is 22.5 Å². The second-order valence-corrected chi connectivity index (χ2v) is 8.10. The Morgan fingerprint density at radius 3 is 2.52 bits per heavy atom. The topological polar surface area (TPSA) is 135 Å². The fourth-order valence-electron chi connectivity index (χ4n) is 3.90. The summed E-state index contributed by atoms with van der Waals surface area (Å²) in [5, 5.41) is 14.0. The van der Waals surface area contributed by atoms with E-state index in [0.717, 1.165) is 22.2 Å². The van der Waals surface area contributed by atoms with Crippen molar-refractivity contribution in [1.82, 2.24) is 24.5 Å². The number of fused-ring (bicyclic) bond motifs is 1. The van der Waals surface area contributed by atoms with Crippen LogP contribution in [-0.4, -0.2) is 24.5 Å². The van der Waals surface area contributed by atoms with Crippen LogP contribution in [0.15, 0.2) is 47.7 Å². The molecule has 3 heterocycles. The summed E-state index contributed by atoms with van der Waals surface area (Å²) in [7, 11) is 0. The maximum atomic E-state index is 13.8. The maximum Gasteiger partial charge on any atom is 0.259 e. The predicted octanol–water partition coefficient (Wildman–Crippen LogP) is 3.76. The molecule has 3 aromatic heterocycles. The first-order valence-corrected chi connectivity index (χ1v) is 10.6. The van der Waals surface area contributed by atoms with E-state index in [0.29, 0.717) is 17.0 Å². The van der Waals surface area contributed by atoms with E-state index in [2.05, 4.69) is 31.3 Å². The molecule has 1 atom stereocenters. The Bertz CT molecular complexity index is 1430. The van der Waals surface area contributed by atoms with Crippen LogP contribution in [0.2, 0.25) is 0 Å². The molecule has 0 amide bonds. The normalized spacial score (nSPS) is 12.0. The molecule has 1 aromatic carbocycles. The summed E-state index contributed by atoms with van der Waals surface area (Å²) < 4.78 is 1.76. The summed E-state index contributed by atoms with van der Waals surface area (Å²) in [6.07, 6.45) is 4.85. The number of anilines is 2. The fraction of sp³-hybridized carbons (Fsp3) is 0.250. The minimum atomic E-state index is -0.336. The lowest BCUT2D eigenvalue weighted by molar-refractivity contribution is 0.541. The quantitative estimate of drug-likeness (QED) is 0.479. The number of nitrogens with zero attached hydrogens (tertiary/aromatic N) is 6. The lowest BCUT2D eigenvalue weighted by Crippen LogP contribution is -2.28. The molecule has 9 heteroatoms. The third kappa shape index (κ3) is 4.11. The highest BCUT2D eigenvalue weighted by atomic mass is 16.1. The van der Waals surface area contributed by atoms with Crippen molar-refractivity contribution in [2.24, 2.45) is 0 Å². The molecule has 0 saturated carbocycles. The molecule has 33 heavy (non-hydrogen) atoms. The van der Waals surface area contributed by atoms with E-state index in [1.807, 2.05) is 52.0 Å². The van der Waals surface area contributed by atoms with Gasteiger partial charge >= 0.3 is 0 Å². The van der Waals surface area contributed by atoms with Gasteiger partial charge in [-0.25, -0.2) is 15.0 Å². The van der Waals surface area contributed by atoms with Gasteiger partial charge in [0.05, 0.1) is 17.6 Å². The molecule has 0 aliphatic heterocycles. The average molecular weight is 441 g/mol. The highest BCUT2D eigenvalue weighted by Gasteiger charge is 2.20. The van der Waals surface area contributed by atoms with Crippen LogP contribution in [0.3, 0.4) is 0 Å². The van der Waals surface area contributed by atoms with E-state index in [9.17, 15) is 10.1 Å². The van der Waals surface area contributed by atoms with Crippen LogP contribution in [-0.2, 0) is 0 Å². The predicted molar refractivity (Wildman–Crippen MR) is 128 cm³/mol. The van der Waals surface area contributed by atoms with Crippen LogP contribution < -0.4 is 16.6 Å².